The molecule has 2 aromatic rings. The molecule has 0 fully saturated rings. The van der Waals surface area contributed by atoms with Crippen molar-refractivity contribution in [2.24, 2.45) is 0 Å². The number of aromatic nitrogens is 2. The molecule has 2 N–H and O–H groups in total. The van der Waals surface area contributed by atoms with Crippen LogP contribution in [0.1, 0.15) is 0 Å². The number of halogens is 2. The van der Waals surface area contributed by atoms with E-state index in [1.165, 1.54) is 18.3 Å². The molecule has 0 unspecified atom stereocenters. The molecule has 0 aliphatic carbocycles. The molecule has 0 amide bonds. The Labute approximate surface area is 96.6 Å². The fraction of sp³-hybridized carbons (Fsp3) is 0.182. The maximum absolute atomic E-state index is 13.2. The van der Waals surface area contributed by atoms with Crippen LogP contribution in [0.4, 0.5) is 14.5 Å². The molecule has 0 atom stereocenters. The van der Waals surface area contributed by atoms with Gasteiger partial charge in [0.15, 0.2) is 11.6 Å². The van der Waals surface area contributed by atoms with E-state index in [1.54, 1.807) is 10.9 Å². The number of rotatable bonds is 4. The van der Waals surface area contributed by atoms with Crippen LogP contribution in [0.2, 0.25) is 0 Å². The van der Waals surface area contributed by atoms with Crippen LogP contribution in [-0.4, -0.2) is 16.4 Å². The normalized spacial score (nSPS) is 10.5. The highest BCUT2D eigenvalue weighted by molar-refractivity contribution is 5.30. The Morgan fingerprint density at radius 3 is 2.88 bits per heavy atom. The van der Waals surface area contributed by atoms with E-state index in [0.29, 0.717) is 12.2 Å². The number of hydrogen-bond acceptors (Lipinski definition) is 3. The standard InChI is InChI=1S/C11H11F2N3O/c12-9-2-1-3-10(11(9)13)17-5-4-16-7-8(14)6-15-16/h1-3,6-7H,4-5,14H2. The van der Waals surface area contributed by atoms with E-state index in [2.05, 4.69) is 5.10 Å². The molecule has 4 nitrogen and oxygen atoms in total. The minimum Gasteiger partial charge on any atom is -0.488 e. The lowest BCUT2D eigenvalue weighted by molar-refractivity contribution is 0.274. The molecule has 1 aromatic carbocycles. The van der Waals surface area contributed by atoms with Crippen molar-refractivity contribution in [2.75, 3.05) is 12.3 Å². The summed E-state index contributed by atoms with van der Waals surface area (Å²) >= 11 is 0. The summed E-state index contributed by atoms with van der Waals surface area (Å²) in [5.74, 6) is -2.01. The summed E-state index contributed by atoms with van der Waals surface area (Å²) in [5, 5.41) is 3.93. The first kappa shape index (κ1) is 11.4. The molecule has 1 aromatic heterocycles. The second kappa shape index (κ2) is 4.82. The number of nitrogens with zero attached hydrogens (tertiary/aromatic N) is 2. The zero-order chi connectivity index (χ0) is 12.3. The lowest BCUT2D eigenvalue weighted by Crippen LogP contribution is -2.09. The molecule has 0 radical (unpaired) electrons. The smallest absolute Gasteiger partial charge is 0.200 e. The Morgan fingerprint density at radius 2 is 2.18 bits per heavy atom. The van der Waals surface area contributed by atoms with Crippen molar-refractivity contribution in [3.05, 3.63) is 42.2 Å². The van der Waals surface area contributed by atoms with Gasteiger partial charge in [-0.2, -0.15) is 9.49 Å². The lowest BCUT2D eigenvalue weighted by atomic mass is 10.3. The molecule has 0 saturated carbocycles. The van der Waals surface area contributed by atoms with Crippen LogP contribution in [0.15, 0.2) is 30.6 Å². The quantitative estimate of drug-likeness (QED) is 0.885. The van der Waals surface area contributed by atoms with Gasteiger partial charge in [0.25, 0.3) is 0 Å². The number of nitrogens with two attached hydrogens (primary N) is 1. The Morgan fingerprint density at radius 1 is 1.35 bits per heavy atom. The van der Waals surface area contributed by atoms with Crippen molar-refractivity contribution in [1.82, 2.24) is 9.78 Å². The molecule has 0 spiro atoms. The molecule has 0 bridgehead atoms. The van der Waals surface area contributed by atoms with Gasteiger partial charge in [0, 0.05) is 6.20 Å². The monoisotopic (exact) mass is 239 g/mol. The molecule has 90 valence electrons. The van der Waals surface area contributed by atoms with Gasteiger partial charge in [0.2, 0.25) is 5.82 Å². The van der Waals surface area contributed by atoms with Crippen LogP contribution < -0.4 is 10.5 Å². The molecule has 17 heavy (non-hydrogen) atoms. The van der Waals surface area contributed by atoms with Gasteiger partial charge < -0.3 is 10.5 Å². The molecule has 1 heterocycles. The van der Waals surface area contributed by atoms with E-state index in [0.717, 1.165) is 6.07 Å². The summed E-state index contributed by atoms with van der Waals surface area (Å²) in [5.41, 5.74) is 6.02. The summed E-state index contributed by atoms with van der Waals surface area (Å²) < 4.78 is 32.7. The summed E-state index contributed by atoms with van der Waals surface area (Å²) in [6, 6.07) is 3.80. The van der Waals surface area contributed by atoms with Crippen LogP contribution in [-0.2, 0) is 6.54 Å². The SMILES string of the molecule is Nc1cnn(CCOc2cccc(F)c2F)c1. The third-order valence-electron chi connectivity index (χ3n) is 2.15. The van der Waals surface area contributed by atoms with Gasteiger partial charge in [0.1, 0.15) is 6.61 Å². The van der Waals surface area contributed by atoms with E-state index in [4.69, 9.17) is 10.5 Å². The Bertz CT molecular complexity index is 513. The maximum Gasteiger partial charge on any atom is 0.200 e. The lowest BCUT2D eigenvalue weighted by Gasteiger charge is -2.07. The second-order valence-corrected chi connectivity index (χ2v) is 3.44. The largest absolute Gasteiger partial charge is 0.488 e. The predicted octanol–water partition coefficient (Wildman–Crippen LogP) is 1.82. The van der Waals surface area contributed by atoms with Crippen LogP contribution in [0.25, 0.3) is 0 Å². The molecule has 0 aliphatic rings. The Hall–Kier alpha value is -2.11. The summed E-state index contributed by atoms with van der Waals surface area (Å²) in [7, 11) is 0. The van der Waals surface area contributed by atoms with Crippen LogP contribution in [0, 0.1) is 11.6 Å². The average molecular weight is 239 g/mol. The third-order valence-corrected chi connectivity index (χ3v) is 2.15. The first-order chi connectivity index (χ1) is 8.16. The van der Waals surface area contributed by atoms with Crippen molar-refractivity contribution in [2.45, 2.75) is 6.54 Å². The predicted molar refractivity (Wildman–Crippen MR) is 58.5 cm³/mol. The zero-order valence-corrected chi connectivity index (χ0v) is 8.94. The van der Waals surface area contributed by atoms with Gasteiger partial charge in [-0.3, -0.25) is 4.68 Å². The zero-order valence-electron chi connectivity index (χ0n) is 8.94. The number of benzene rings is 1. The van der Waals surface area contributed by atoms with Crippen molar-refractivity contribution >= 4 is 5.69 Å². The number of hydrogen-bond donors (Lipinski definition) is 1. The van der Waals surface area contributed by atoms with Crippen molar-refractivity contribution in [3.8, 4) is 5.75 Å². The van der Waals surface area contributed by atoms with E-state index >= 15 is 0 Å². The second-order valence-electron chi connectivity index (χ2n) is 3.44. The Kier molecular flexibility index (Phi) is 3.22. The van der Waals surface area contributed by atoms with E-state index in [-0.39, 0.29) is 12.4 Å². The van der Waals surface area contributed by atoms with Crippen molar-refractivity contribution in [1.29, 1.82) is 0 Å². The minimum atomic E-state index is -0.979. The van der Waals surface area contributed by atoms with E-state index in [9.17, 15) is 8.78 Å². The van der Waals surface area contributed by atoms with Crippen molar-refractivity contribution in [3.63, 3.8) is 0 Å². The maximum atomic E-state index is 13.2. The first-order valence-corrected chi connectivity index (χ1v) is 5.01. The molecule has 0 saturated heterocycles. The number of anilines is 1. The van der Waals surface area contributed by atoms with Gasteiger partial charge in [-0.15, -0.1) is 0 Å². The van der Waals surface area contributed by atoms with Crippen molar-refractivity contribution < 1.29 is 13.5 Å². The fourth-order valence-electron chi connectivity index (χ4n) is 1.35. The summed E-state index contributed by atoms with van der Waals surface area (Å²) in [4.78, 5) is 0. The number of nitrogen functional groups attached to an aromatic ring is 1. The van der Waals surface area contributed by atoms with Crippen LogP contribution in [0.5, 0.6) is 5.75 Å². The van der Waals surface area contributed by atoms with Gasteiger partial charge in [-0.1, -0.05) is 6.07 Å². The van der Waals surface area contributed by atoms with Gasteiger partial charge in [-0.05, 0) is 12.1 Å². The van der Waals surface area contributed by atoms with Crippen LogP contribution >= 0.6 is 0 Å². The molecular weight excluding hydrogens is 228 g/mol. The van der Waals surface area contributed by atoms with Crippen LogP contribution in [0.3, 0.4) is 0 Å². The highest BCUT2D eigenvalue weighted by Crippen LogP contribution is 2.18. The van der Waals surface area contributed by atoms with Gasteiger partial charge in [0.05, 0.1) is 18.4 Å². The highest BCUT2D eigenvalue weighted by Gasteiger charge is 2.08. The Balaban J connectivity index is 1.92. The first-order valence-electron chi connectivity index (χ1n) is 5.01. The third kappa shape index (κ3) is 2.72. The minimum absolute atomic E-state index is 0.106. The topological polar surface area (TPSA) is 53.1 Å². The highest BCUT2D eigenvalue weighted by atomic mass is 19.2. The van der Waals surface area contributed by atoms with Gasteiger partial charge in [-0.25, -0.2) is 4.39 Å². The van der Waals surface area contributed by atoms with E-state index < -0.39 is 11.6 Å². The summed E-state index contributed by atoms with van der Waals surface area (Å²) in [6.45, 7) is 0.592. The summed E-state index contributed by atoms with van der Waals surface area (Å²) in [6.07, 6.45) is 3.13. The van der Waals surface area contributed by atoms with E-state index in [1.807, 2.05) is 0 Å². The number of ether oxygens (including phenoxy) is 1. The molecule has 0 aliphatic heterocycles. The van der Waals surface area contributed by atoms with Gasteiger partial charge >= 0.3 is 0 Å². The average Bonchev–Trinajstić information content (AvgIpc) is 2.70. The molecular formula is C11H11F2N3O. The molecule has 6 heteroatoms. The molecule has 2 rings (SSSR count). The fourth-order valence-corrected chi connectivity index (χ4v) is 1.35.